The standard InChI is InChI=1S/C16H21NO2/c1-9-6-11(3)15-13(7-9)14(4-5-19-15)17-16(18)12-8-10(12)2/h6-7,10,12,14H,4-5,8H2,1-3H3,(H,17,18)/t10-,12-,14+/m0/s1. The molecule has 2 aliphatic rings. The molecule has 0 saturated heterocycles. The summed E-state index contributed by atoms with van der Waals surface area (Å²) in [7, 11) is 0. The van der Waals surface area contributed by atoms with Crippen LogP contribution in [0.25, 0.3) is 0 Å². The number of rotatable bonds is 2. The maximum atomic E-state index is 12.1. The van der Waals surface area contributed by atoms with Crippen molar-refractivity contribution in [3.05, 3.63) is 28.8 Å². The molecule has 1 aliphatic carbocycles. The highest BCUT2D eigenvalue weighted by molar-refractivity contribution is 5.82. The number of ether oxygens (including phenoxy) is 1. The summed E-state index contributed by atoms with van der Waals surface area (Å²) in [5.41, 5.74) is 3.53. The Morgan fingerprint density at radius 3 is 2.79 bits per heavy atom. The second-order valence-corrected chi connectivity index (χ2v) is 6.02. The minimum atomic E-state index is 0.114. The molecule has 0 aromatic heterocycles. The first-order valence-electron chi connectivity index (χ1n) is 7.10. The highest BCUT2D eigenvalue weighted by atomic mass is 16.5. The molecule has 1 aromatic rings. The third kappa shape index (κ3) is 2.34. The largest absolute Gasteiger partial charge is 0.493 e. The summed E-state index contributed by atoms with van der Waals surface area (Å²) in [6, 6.07) is 4.39. The normalized spacial score (nSPS) is 28.3. The molecule has 102 valence electrons. The Balaban J connectivity index is 1.83. The van der Waals surface area contributed by atoms with Gasteiger partial charge in [-0.25, -0.2) is 0 Å². The van der Waals surface area contributed by atoms with Gasteiger partial charge in [-0.2, -0.15) is 0 Å². The van der Waals surface area contributed by atoms with E-state index in [1.807, 2.05) is 0 Å². The van der Waals surface area contributed by atoms with Gasteiger partial charge in [0.2, 0.25) is 5.91 Å². The van der Waals surface area contributed by atoms with Crippen molar-refractivity contribution in [2.75, 3.05) is 6.61 Å². The first-order chi connectivity index (χ1) is 9.06. The Kier molecular flexibility index (Phi) is 3.00. The average Bonchev–Trinajstić information content (AvgIpc) is 3.07. The molecule has 0 bridgehead atoms. The van der Waals surface area contributed by atoms with E-state index in [1.165, 1.54) is 5.56 Å². The van der Waals surface area contributed by atoms with Crippen LogP contribution in [-0.4, -0.2) is 12.5 Å². The summed E-state index contributed by atoms with van der Waals surface area (Å²) in [4.78, 5) is 12.1. The molecule has 3 atom stereocenters. The molecule has 1 saturated carbocycles. The van der Waals surface area contributed by atoms with Gasteiger partial charge in [-0.3, -0.25) is 4.79 Å². The lowest BCUT2D eigenvalue weighted by Gasteiger charge is -2.28. The van der Waals surface area contributed by atoms with Crippen LogP contribution in [0.5, 0.6) is 5.75 Å². The Hall–Kier alpha value is -1.51. The maximum absolute atomic E-state index is 12.1. The van der Waals surface area contributed by atoms with Gasteiger partial charge in [0.15, 0.2) is 0 Å². The monoisotopic (exact) mass is 259 g/mol. The fourth-order valence-corrected chi connectivity index (χ4v) is 2.99. The van der Waals surface area contributed by atoms with Crippen molar-refractivity contribution in [3.63, 3.8) is 0 Å². The van der Waals surface area contributed by atoms with Crippen LogP contribution in [0.2, 0.25) is 0 Å². The van der Waals surface area contributed by atoms with Crippen LogP contribution < -0.4 is 10.1 Å². The maximum Gasteiger partial charge on any atom is 0.223 e. The van der Waals surface area contributed by atoms with E-state index in [-0.39, 0.29) is 17.9 Å². The zero-order valence-corrected chi connectivity index (χ0v) is 11.8. The molecule has 1 aromatic carbocycles. The van der Waals surface area contributed by atoms with Crippen molar-refractivity contribution >= 4 is 5.91 Å². The second kappa shape index (κ2) is 4.55. The van der Waals surface area contributed by atoms with E-state index in [0.29, 0.717) is 12.5 Å². The molecular weight excluding hydrogens is 238 g/mol. The Morgan fingerprint density at radius 1 is 1.37 bits per heavy atom. The van der Waals surface area contributed by atoms with E-state index >= 15 is 0 Å². The smallest absolute Gasteiger partial charge is 0.223 e. The number of carbonyl (C=O) groups is 1. The number of hydrogen-bond donors (Lipinski definition) is 1. The predicted molar refractivity (Wildman–Crippen MR) is 74.2 cm³/mol. The summed E-state index contributed by atoms with van der Waals surface area (Å²) in [6.07, 6.45) is 1.90. The van der Waals surface area contributed by atoms with Crippen LogP contribution >= 0.6 is 0 Å². The summed E-state index contributed by atoms with van der Waals surface area (Å²) in [5.74, 6) is 1.96. The number of nitrogens with one attached hydrogen (secondary N) is 1. The number of amides is 1. The van der Waals surface area contributed by atoms with E-state index in [2.05, 4.69) is 38.2 Å². The second-order valence-electron chi connectivity index (χ2n) is 6.02. The van der Waals surface area contributed by atoms with Gasteiger partial charge in [0.05, 0.1) is 12.6 Å². The van der Waals surface area contributed by atoms with E-state index in [1.54, 1.807) is 0 Å². The third-order valence-electron chi connectivity index (χ3n) is 4.24. The van der Waals surface area contributed by atoms with Gasteiger partial charge in [-0.1, -0.05) is 24.6 Å². The molecule has 0 radical (unpaired) electrons. The minimum Gasteiger partial charge on any atom is -0.493 e. The highest BCUT2D eigenvalue weighted by Crippen LogP contribution is 2.40. The predicted octanol–water partition coefficient (Wildman–Crippen LogP) is 2.90. The molecule has 0 spiro atoms. The molecule has 0 unspecified atom stereocenters. The first-order valence-corrected chi connectivity index (χ1v) is 7.10. The summed E-state index contributed by atoms with van der Waals surface area (Å²) >= 11 is 0. The SMILES string of the molecule is Cc1cc(C)c2c(c1)[C@H](NC(=O)[C@H]1C[C@@H]1C)CCO2. The molecule has 3 rings (SSSR count). The van der Waals surface area contributed by atoms with Crippen molar-refractivity contribution in [1.29, 1.82) is 0 Å². The van der Waals surface area contributed by atoms with Crippen LogP contribution in [0, 0.1) is 25.7 Å². The van der Waals surface area contributed by atoms with E-state index in [0.717, 1.165) is 29.7 Å². The number of aryl methyl sites for hydroxylation is 2. The van der Waals surface area contributed by atoms with E-state index in [4.69, 9.17) is 4.74 Å². The van der Waals surface area contributed by atoms with Crippen LogP contribution in [0.15, 0.2) is 12.1 Å². The molecule has 3 heteroatoms. The zero-order chi connectivity index (χ0) is 13.6. The first kappa shape index (κ1) is 12.5. The van der Waals surface area contributed by atoms with Gasteiger partial charge in [-0.15, -0.1) is 0 Å². The molecule has 1 heterocycles. The van der Waals surface area contributed by atoms with Crippen molar-refractivity contribution < 1.29 is 9.53 Å². The van der Waals surface area contributed by atoms with E-state index < -0.39 is 0 Å². The molecular formula is C16H21NO2. The molecule has 3 nitrogen and oxygen atoms in total. The Morgan fingerprint density at radius 2 is 2.11 bits per heavy atom. The lowest BCUT2D eigenvalue weighted by molar-refractivity contribution is -0.123. The highest BCUT2D eigenvalue weighted by Gasteiger charge is 2.40. The fourth-order valence-electron chi connectivity index (χ4n) is 2.99. The van der Waals surface area contributed by atoms with Crippen LogP contribution in [0.3, 0.4) is 0 Å². The number of fused-ring (bicyclic) bond motifs is 1. The number of hydrogen-bond acceptors (Lipinski definition) is 2. The van der Waals surface area contributed by atoms with Gasteiger partial charge in [0.25, 0.3) is 0 Å². The van der Waals surface area contributed by atoms with Crippen molar-refractivity contribution in [2.45, 2.75) is 39.7 Å². The van der Waals surface area contributed by atoms with Crippen molar-refractivity contribution in [1.82, 2.24) is 5.32 Å². The molecule has 1 N–H and O–H groups in total. The molecule has 1 aliphatic heterocycles. The Labute approximate surface area is 114 Å². The molecule has 1 amide bonds. The van der Waals surface area contributed by atoms with Gasteiger partial charge < -0.3 is 10.1 Å². The lowest BCUT2D eigenvalue weighted by Crippen LogP contribution is -2.33. The number of carbonyl (C=O) groups excluding carboxylic acids is 1. The van der Waals surface area contributed by atoms with Gasteiger partial charge in [0.1, 0.15) is 5.75 Å². The summed E-state index contributed by atoms with van der Waals surface area (Å²) < 4.78 is 5.77. The summed E-state index contributed by atoms with van der Waals surface area (Å²) in [5, 5.41) is 3.20. The van der Waals surface area contributed by atoms with Crippen molar-refractivity contribution in [3.8, 4) is 5.75 Å². The van der Waals surface area contributed by atoms with Gasteiger partial charge in [-0.05, 0) is 31.7 Å². The van der Waals surface area contributed by atoms with Crippen LogP contribution in [0.4, 0.5) is 0 Å². The molecule has 19 heavy (non-hydrogen) atoms. The fraction of sp³-hybridized carbons (Fsp3) is 0.562. The quantitative estimate of drug-likeness (QED) is 0.887. The van der Waals surface area contributed by atoms with Crippen LogP contribution in [-0.2, 0) is 4.79 Å². The average molecular weight is 259 g/mol. The zero-order valence-electron chi connectivity index (χ0n) is 11.8. The third-order valence-corrected chi connectivity index (χ3v) is 4.24. The Bertz CT molecular complexity index is 524. The minimum absolute atomic E-state index is 0.114. The van der Waals surface area contributed by atoms with Crippen molar-refractivity contribution in [2.24, 2.45) is 11.8 Å². The lowest BCUT2D eigenvalue weighted by atomic mass is 9.95. The van der Waals surface area contributed by atoms with Gasteiger partial charge >= 0.3 is 0 Å². The summed E-state index contributed by atoms with van der Waals surface area (Å²) in [6.45, 7) is 6.97. The van der Waals surface area contributed by atoms with E-state index in [9.17, 15) is 4.79 Å². The topological polar surface area (TPSA) is 38.3 Å². The van der Waals surface area contributed by atoms with Gasteiger partial charge in [0, 0.05) is 17.9 Å². The number of benzene rings is 1. The molecule has 1 fully saturated rings. The van der Waals surface area contributed by atoms with Crippen LogP contribution in [0.1, 0.15) is 42.5 Å².